The van der Waals surface area contributed by atoms with Gasteiger partial charge < -0.3 is 9.84 Å². The molecule has 0 aliphatic rings. The van der Waals surface area contributed by atoms with Crippen molar-refractivity contribution in [2.75, 3.05) is 20.3 Å². The van der Waals surface area contributed by atoms with Gasteiger partial charge in [0, 0.05) is 25.3 Å². The number of halogens is 1. The predicted molar refractivity (Wildman–Crippen MR) is 78.3 cm³/mol. The van der Waals surface area contributed by atoms with E-state index in [0.717, 1.165) is 19.3 Å². The molecule has 0 saturated carbocycles. The Morgan fingerprint density at radius 2 is 2.05 bits per heavy atom. The summed E-state index contributed by atoms with van der Waals surface area (Å²) in [5.41, 5.74) is 0.505. The van der Waals surface area contributed by atoms with E-state index >= 15 is 0 Å². The minimum Gasteiger partial charge on any atom is -0.392 e. The number of hydrogen-bond acceptors (Lipinski definition) is 4. The van der Waals surface area contributed by atoms with Crippen molar-refractivity contribution >= 4 is 21.6 Å². The molecule has 0 bridgehead atoms. The summed E-state index contributed by atoms with van der Waals surface area (Å²) < 4.78 is 31.5. The van der Waals surface area contributed by atoms with E-state index in [1.54, 1.807) is 7.11 Å². The van der Waals surface area contributed by atoms with Gasteiger partial charge in [0.25, 0.3) is 0 Å². The first-order valence-corrected chi connectivity index (χ1v) is 8.25. The molecule has 0 fully saturated rings. The quantitative estimate of drug-likeness (QED) is 0.681. The van der Waals surface area contributed by atoms with Gasteiger partial charge in [-0.25, -0.2) is 13.1 Å². The van der Waals surface area contributed by atoms with E-state index in [-0.39, 0.29) is 16.5 Å². The van der Waals surface area contributed by atoms with Crippen LogP contribution in [0.4, 0.5) is 0 Å². The van der Waals surface area contributed by atoms with E-state index < -0.39 is 10.0 Å². The average molecular weight is 322 g/mol. The number of rotatable bonds is 9. The van der Waals surface area contributed by atoms with Crippen LogP contribution in [-0.2, 0) is 21.4 Å². The van der Waals surface area contributed by atoms with Crippen LogP contribution in [0.3, 0.4) is 0 Å². The van der Waals surface area contributed by atoms with Gasteiger partial charge in [0.1, 0.15) is 0 Å². The fourth-order valence-corrected chi connectivity index (χ4v) is 3.07. The van der Waals surface area contributed by atoms with Gasteiger partial charge in [0.2, 0.25) is 10.0 Å². The molecule has 0 saturated heterocycles. The number of sulfonamides is 1. The molecule has 1 rings (SSSR count). The third kappa shape index (κ3) is 5.38. The van der Waals surface area contributed by atoms with Crippen molar-refractivity contribution in [2.45, 2.75) is 30.8 Å². The summed E-state index contributed by atoms with van der Waals surface area (Å²) in [5, 5.41) is 9.24. The normalized spacial score (nSPS) is 11.8. The molecule has 114 valence electrons. The second kappa shape index (κ2) is 8.59. The maximum atomic E-state index is 12.0. The summed E-state index contributed by atoms with van der Waals surface area (Å²) >= 11 is 5.89. The summed E-state index contributed by atoms with van der Waals surface area (Å²) in [6, 6.07) is 4.29. The van der Waals surface area contributed by atoms with E-state index in [9.17, 15) is 8.42 Å². The fourth-order valence-electron chi connectivity index (χ4n) is 1.66. The van der Waals surface area contributed by atoms with Crippen molar-refractivity contribution in [1.82, 2.24) is 4.72 Å². The monoisotopic (exact) mass is 321 g/mol. The molecule has 0 heterocycles. The molecule has 0 aliphatic heterocycles. The number of hydrogen-bond donors (Lipinski definition) is 2. The number of methoxy groups -OCH3 is 1. The first-order valence-electron chi connectivity index (χ1n) is 6.39. The smallest absolute Gasteiger partial charge is 0.240 e. The Bertz CT molecular complexity index is 519. The van der Waals surface area contributed by atoms with Crippen molar-refractivity contribution in [3.8, 4) is 0 Å². The van der Waals surface area contributed by atoms with Gasteiger partial charge >= 0.3 is 0 Å². The van der Waals surface area contributed by atoms with E-state index in [2.05, 4.69) is 4.72 Å². The van der Waals surface area contributed by atoms with Crippen molar-refractivity contribution < 1.29 is 18.3 Å². The maximum absolute atomic E-state index is 12.0. The lowest BCUT2D eigenvalue weighted by atomic mass is 10.2. The van der Waals surface area contributed by atoms with Gasteiger partial charge in [-0.1, -0.05) is 17.7 Å². The summed E-state index contributed by atoms with van der Waals surface area (Å²) in [6.07, 6.45) is 2.57. The first kappa shape index (κ1) is 17.4. The van der Waals surface area contributed by atoms with Crippen LogP contribution < -0.4 is 4.72 Å². The fraction of sp³-hybridized carbons (Fsp3) is 0.538. The van der Waals surface area contributed by atoms with Crippen LogP contribution in [0.15, 0.2) is 23.1 Å². The molecule has 0 spiro atoms. The summed E-state index contributed by atoms with van der Waals surface area (Å²) in [6.45, 7) is 0.850. The molecule has 20 heavy (non-hydrogen) atoms. The van der Waals surface area contributed by atoms with Gasteiger partial charge in [-0.15, -0.1) is 0 Å². The van der Waals surface area contributed by atoms with Gasteiger partial charge in [0.15, 0.2) is 0 Å². The minimum atomic E-state index is -3.55. The SMILES string of the molecule is COCCCCCNS(=O)(=O)c1ccc(CO)c(Cl)c1. The third-order valence-electron chi connectivity index (χ3n) is 2.82. The zero-order valence-electron chi connectivity index (χ0n) is 11.4. The zero-order chi connectivity index (χ0) is 15.0. The Morgan fingerprint density at radius 1 is 1.30 bits per heavy atom. The van der Waals surface area contributed by atoms with Gasteiger partial charge in [-0.05, 0) is 37.0 Å². The third-order valence-corrected chi connectivity index (χ3v) is 4.63. The molecule has 0 aromatic heterocycles. The number of unbranched alkanes of at least 4 members (excludes halogenated alkanes) is 2. The van der Waals surface area contributed by atoms with Crippen molar-refractivity contribution in [2.24, 2.45) is 0 Å². The molecule has 1 aromatic carbocycles. The van der Waals surface area contributed by atoms with Gasteiger partial charge in [-0.3, -0.25) is 0 Å². The minimum absolute atomic E-state index is 0.108. The van der Waals surface area contributed by atoms with E-state index in [4.69, 9.17) is 21.4 Å². The maximum Gasteiger partial charge on any atom is 0.240 e. The van der Waals surface area contributed by atoms with Crippen LogP contribution in [0.25, 0.3) is 0 Å². The van der Waals surface area contributed by atoms with E-state index in [1.807, 2.05) is 0 Å². The highest BCUT2D eigenvalue weighted by Gasteiger charge is 2.14. The lowest BCUT2D eigenvalue weighted by molar-refractivity contribution is 0.192. The van der Waals surface area contributed by atoms with Crippen LogP contribution in [0.1, 0.15) is 24.8 Å². The Kier molecular flexibility index (Phi) is 7.47. The topological polar surface area (TPSA) is 75.6 Å². The summed E-state index contributed by atoms with van der Waals surface area (Å²) in [7, 11) is -1.91. The Hall–Kier alpha value is -0.660. The molecule has 0 atom stereocenters. The van der Waals surface area contributed by atoms with Crippen molar-refractivity contribution in [1.29, 1.82) is 0 Å². The lowest BCUT2D eigenvalue weighted by Crippen LogP contribution is -2.24. The first-order chi connectivity index (χ1) is 9.51. The summed E-state index contributed by atoms with van der Waals surface area (Å²) in [4.78, 5) is 0.108. The second-order valence-corrected chi connectivity index (χ2v) is 6.54. The van der Waals surface area contributed by atoms with Gasteiger partial charge in [0.05, 0.1) is 11.5 Å². The molecular weight excluding hydrogens is 302 g/mol. The Balaban J connectivity index is 2.54. The number of aliphatic hydroxyl groups is 1. The Labute approximate surface area is 125 Å². The Morgan fingerprint density at radius 3 is 2.65 bits per heavy atom. The second-order valence-electron chi connectivity index (χ2n) is 4.36. The van der Waals surface area contributed by atoms with Crippen LogP contribution in [0, 0.1) is 0 Å². The highest BCUT2D eigenvalue weighted by Crippen LogP contribution is 2.20. The largest absolute Gasteiger partial charge is 0.392 e. The standard InChI is InChI=1S/C13H20ClNO4S/c1-19-8-4-2-3-7-15-20(17,18)12-6-5-11(10-16)13(14)9-12/h5-6,9,15-16H,2-4,7-8,10H2,1H3. The van der Waals surface area contributed by atoms with Crippen LogP contribution in [0.5, 0.6) is 0 Å². The molecule has 0 unspecified atom stereocenters. The molecule has 1 aromatic rings. The summed E-state index contributed by atoms with van der Waals surface area (Å²) in [5.74, 6) is 0. The van der Waals surface area contributed by atoms with E-state index in [1.165, 1.54) is 18.2 Å². The van der Waals surface area contributed by atoms with Crippen LogP contribution in [0.2, 0.25) is 5.02 Å². The number of nitrogens with one attached hydrogen (secondary N) is 1. The van der Waals surface area contributed by atoms with Crippen LogP contribution in [-0.4, -0.2) is 33.8 Å². The molecule has 5 nitrogen and oxygen atoms in total. The molecule has 7 heteroatoms. The number of benzene rings is 1. The molecule has 0 aliphatic carbocycles. The highest BCUT2D eigenvalue weighted by molar-refractivity contribution is 7.89. The highest BCUT2D eigenvalue weighted by atomic mass is 35.5. The molecule has 2 N–H and O–H groups in total. The van der Waals surface area contributed by atoms with E-state index in [0.29, 0.717) is 18.7 Å². The lowest BCUT2D eigenvalue weighted by Gasteiger charge is -2.08. The van der Waals surface area contributed by atoms with Gasteiger partial charge in [-0.2, -0.15) is 0 Å². The predicted octanol–water partition coefficient (Wildman–Crippen LogP) is 1.93. The van der Waals surface area contributed by atoms with Crippen molar-refractivity contribution in [3.63, 3.8) is 0 Å². The molecule has 0 amide bonds. The number of ether oxygens (including phenoxy) is 1. The molecule has 0 radical (unpaired) electrons. The van der Waals surface area contributed by atoms with Crippen LogP contribution >= 0.6 is 11.6 Å². The number of aliphatic hydroxyl groups excluding tert-OH is 1. The zero-order valence-corrected chi connectivity index (χ0v) is 13.0. The van der Waals surface area contributed by atoms with Crippen molar-refractivity contribution in [3.05, 3.63) is 28.8 Å². The molecular formula is C13H20ClNO4S. The average Bonchev–Trinajstić information content (AvgIpc) is 2.42.